The molecule has 0 aliphatic heterocycles. The van der Waals surface area contributed by atoms with E-state index in [0.717, 1.165) is 12.8 Å². The molecule has 1 nitrogen and oxygen atoms in total. The van der Waals surface area contributed by atoms with Gasteiger partial charge in [0, 0.05) is 0 Å². The van der Waals surface area contributed by atoms with Gasteiger partial charge in [-0.25, -0.2) is 0 Å². The maximum Gasteiger partial charge on any atom is 1.00 e. The molecule has 0 N–H and O–H groups in total. The number of hydrogen-bond donors (Lipinski definition) is 0. The van der Waals surface area contributed by atoms with Gasteiger partial charge in [0.25, 0.3) is 0 Å². The molecule has 0 rings (SSSR count). The smallest absolute Gasteiger partial charge is 0.854 e. The van der Waals surface area contributed by atoms with Crippen LogP contribution in [0.1, 0.15) is 39.0 Å². The Labute approximate surface area is 117 Å². The Kier molecular flexibility index (Phi) is 19.1. The Bertz CT molecular complexity index is 33.9. The number of hydrogen-bond acceptors (Lipinski definition) is 1. The molecule has 9 heavy (non-hydrogen) atoms. The molecule has 50 valence electrons. The summed E-state index contributed by atoms with van der Waals surface area (Å²) in [4.78, 5) is 0. The molecule has 0 aromatic heterocycles. The molecule has 0 fully saturated rings. The van der Waals surface area contributed by atoms with Crippen LogP contribution in [0.4, 0.5) is 0 Å². The summed E-state index contributed by atoms with van der Waals surface area (Å²) < 4.78 is 0. The quantitative estimate of drug-likeness (QED) is 0.533. The Morgan fingerprint density at radius 1 is 1.00 bits per heavy atom. The fraction of sp³-hybridized carbons (Fsp3) is 1.00. The molecular formula is C7H15CsO. The molecule has 0 aromatic rings. The third-order valence-corrected chi connectivity index (χ3v) is 1.25. The van der Waals surface area contributed by atoms with Gasteiger partial charge in [-0.3, -0.25) is 0 Å². The second-order valence-electron chi connectivity index (χ2n) is 2.12. The molecule has 0 spiro atoms. The monoisotopic (exact) mass is 248 g/mol. The first-order valence-corrected chi connectivity index (χ1v) is 3.50. The SMILES string of the molecule is CCCCCCC[O-].[Cs+]. The van der Waals surface area contributed by atoms with E-state index in [2.05, 4.69) is 6.92 Å². The Balaban J connectivity index is 0. The van der Waals surface area contributed by atoms with Crippen LogP contribution in [0.25, 0.3) is 0 Å². The topological polar surface area (TPSA) is 23.1 Å². The van der Waals surface area contributed by atoms with Crippen molar-refractivity contribution in [2.24, 2.45) is 0 Å². The molecule has 0 atom stereocenters. The predicted octanol–water partition coefficient (Wildman–Crippen LogP) is -1.68. The van der Waals surface area contributed by atoms with Gasteiger partial charge in [0.1, 0.15) is 0 Å². The number of unbranched alkanes of at least 4 members (excludes halogenated alkanes) is 4. The van der Waals surface area contributed by atoms with E-state index < -0.39 is 0 Å². The van der Waals surface area contributed by atoms with Gasteiger partial charge in [0.05, 0.1) is 0 Å². The van der Waals surface area contributed by atoms with Crippen molar-refractivity contribution in [3.05, 3.63) is 0 Å². The molecule has 0 saturated carbocycles. The molecule has 0 amide bonds. The molecule has 2 heteroatoms. The first kappa shape index (κ1) is 13.6. The second kappa shape index (κ2) is 12.7. The molecule has 0 heterocycles. The van der Waals surface area contributed by atoms with Gasteiger partial charge in [-0.05, 0) is 0 Å². The summed E-state index contributed by atoms with van der Waals surface area (Å²) in [6.45, 7) is 2.29. The van der Waals surface area contributed by atoms with Gasteiger partial charge in [-0.1, -0.05) is 39.0 Å². The van der Waals surface area contributed by atoms with E-state index in [4.69, 9.17) is 0 Å². The van der Waals surface area contributed by atoms with Gasteiger partial charge >= 0.3 is 68.9 Å². The predicted molar refractivity (Wildman–Crippen MR) is 33.6 cm³/mol. The summed E-state index contributed by atoms with van der Waals surface area (Å²) in [6, 6.07) is 0. The maximum atomic E-state index is 9.89. The summed E-state index contributed by atoms with van der Waals surface area (Å²) in [5.74, 6) is 0. The Morgan fingerprint density at radius 2 is 1.56 bits per heavy atom. The van der Waals surface area contributed by atoms with Crippen LogP contribution in [0, 0.1) is 0 Å². The average Bonchev–Trinajstić information content (AvgIpc) is 1.81. The maximum absolute atomic E-state index is 9.89. The molecule has 0 unspecified atom stereocenters. The standard InChI is InChI=1S/C7H15O.Cs/c1-2-3-4-5-6-7-8;/h2-7H2,1H3;/q-1;+1. The fourth-order valence-electron chi connectivity index (χ4n) is 0.706. The average molecular weight is 248 g/mol. The Hall–Kier alpha value is 2.01. The van der Waals surface area contributed by atoms with E-state index >= 15 is 0 Å². The van der Waals surface area contributed by atoms with Crippen LogP contribution in [0.15, 0.2) is 0 Å². The van der Waals surface area contributed by atoms with E-state index in [1.807, 2.05) is 0 Å². The van der Waals surface area contributed by atoms with Crippen LogP contribution in [-0.2, 0) is 0 Å². The zero-order valence-electron chi connectivity index (χ0n) is 6.65. The van der Waals surface area contributed by atoms with Crippen LogP contribution in [-0.4, -0.2) is 6.61 Å². The van der Waals surface area contributed by atoms with Crippen molar-refractivity contribution in [2.75, 3.05) is 6.61 Å². The van der Waals surface area contributed by atoms with Gasteiger partial charge in [-0.2, -0.15) is 0 Å². The largest absolute Gasteiger partial charge is 1.00 e. The summed E-state index contributed by atoms with van der Waals surface area (Å²) in [5, 5.41) is 9.89. The normalized spacial score (nSPS) is 8.67. The summed E-state index contributed by atoms with van der Waals surface area (Å²) in [6.07, 6.45) is 5.81. The molecule has 0 radical (unpaired) electrons. The van der Waals surface area contributed by atoms with Gasteiger partial charge in [0.15, 0.2) is 0 Å². The van der Waals surface area contributed by atoms with Crippen LogP contribution in [0.5, 0.6) is 0 Å². The summed E-state index contributed by atoms with van der Waals surface area (Å²) in [7, 11) is 0. The van der Waals surface area contributed by atoms with E-state index in [0.29, 0.717) is 0 Å². The Morgan fingerprint density at radius 3 is 2.00 bits per heavy atom. The summed E-state index contributed by atoms with van der Waals surface area (Å²) in [5.41, 5.74) is 0. The van der Waals surface area contributed by atoms with Crippen molar-refractivity contribution in [3.8, 4) is 0 Å². The van der Waals surface area contributed by atoms with Crippen molar-refractivity contribution in [1.82, 2.24) is 0 Å². The zero-order chi connectivity index (χ0) is 6.24. The van der Waals surface area contributed by atoms with Crippen molar-refractivity contribution in [1.29, 1.82) is 0 Å². The van der Waals surface area contributed by atoms with E-state index in [-0.39, 0.29) is 75.5 Å². The van der Waals surface area contributed by atoms with Crippen LogP contribution in [0.3, 0.4) is 0 Å². The van der Waals surface area contributed by atoms with Crippen molar-refractivity contribution >= 4 is 0 Å². The van der Waals surface area contributed by atoms with Crippen molar-refractivity contribution in [2.45, 2.75) is 39.0 Å². The van der Waals surface area contributed by atoms with E-state index in [1.165, 1.54) is 19.3 Å². The van der Waals surface area contributed by atoms with Crippen molar-refractivity contribution < 1.29 is 74.0 Å². The molecule has 0 aromatic carbocycles. The number of rotatable bonds is 5. The van der Waals surface area contributed by atoms with Gasteiger partial charge < -0.3 is 5.11 Å². The van der Waals surface area contributed by atoms with Crippen molar-refractivity contribution in [3.63, 3.8) is 0 Å². The van der Waals surface area contributed by atoms with Crippen LogP contribution < -0.4 is 74.0 Å². The minimum Gasteiger partial charge on any atom is -0.854 e. The van der Waals surface area contributed by atoms with Gasteiger partial charge in [-0.15, -0.1) is 6.61 Å². The molecule has 0 aliphatic carbocycles. The molecular weight excluding hydrogens is 233 g/mol. The minimum atomic E-state index is 0. The van der Waals surface area contributed by atoms with E-state index in [9.17, 15) is 5.11 Å². The third-order valence-electron chi connectivity index (χ3n) is 1.25. The third kappa shape index (κ3) is 13.1. The fourth-order valence-corrected chi connectivity index (χ4v) is 0.706. The summed E-state index contributed by atoms with van der Waals surface area (Å²) >= 11 is 0. The molecule has 0 saturated heterocycles. The molecule has 0 bridgehead atoms. The second-order valence-corrected chi connectivity index (χ2v) is 2.12. The first-order chi connectivity index (χ1) is 3.91. The molecule has 0 aliphatic rings. The zero-order valence-corrected chi connectivity index (χ0v) is 12.9. The van der Waals surface area contributed by atoms with Gasteiger partial charge in [0.2, 0.25) is 0 Å². The minimum absolute atomic E-state index is 0. The van der Waals surface area contributed by atoms with Crippen LogP contribution in [0.2, 0.25) is 0 Å². The first-order valence-electron chi connectivity index (χ1n) is 3.50. The van der Waals surface area contributed by atoms with Crippen LogP contribution >= 0.6 is 0 Å². The van der Waals surface area contributed by atoms with E-state index in [1.54, 1.807) is 0 Å².